The largest absolute Gasteiger partial charge is 0.416 e. The molecule has 0 radical (unpaired) electrons. The molecule has 1 aliphatic rings. The van der Waals surface area contributed by atoms with Gasteiger partial charge in [-0.25, -0.2) is 0 Å². The first-order chi connectivity index (χ1) is 9.45. The maximum absolute atomic E-state index is 12.4. The smallest absolute Gasteiger partial charge is 0.392 e. The molecular weight excluding hydrogens is 265 g/mol. The number of aliphatic hydroxyl groups is 1. The van der Waals surface area contributed by atoms with Crippen LogP contribution in [0.5, 0.6) is 0 Å². The second kappa shape index (κ2) is 6.44. The molecule has 1 nitrogen and oxygen atoms in total. The Morgan fingerprint density at radius 1 is 1.05 bits per heavy atom. The van der Waals surface area contributed by atoms with Crippen molar-refractivity contribution in [2.75, 3.05) is 0 Å². The van der Waals surface area contributed by atoms with Crippen molar-refractivity contribution in [3.05, 3.63) is 47.0 Å². The molecule has 1 aliphatic carbocycles. The Morgan fingerprint density at radius 3 is 2.30 bits per heavy atom. The van der Waals surface area contributed by atoms with E-state index in [1.807, 2.05) is 0 Å². The summed E-state index contributed by atoms with van der Waals surface area (Å²) in [6, 6.07) is 5.03. The van der Waals surface area contributed by atoms with E-state index < -0.39 is 17.8 Å². The minimum Gasteiger partial charge on any atom is -0.392 e. The molecule has 0 saturated carbocycles. The normalized spacial score (nSPS) is 17.7. The Balaban J connectivity index is 1.91. The van der Waals surface area contributed by atoms with Gasteiger partial charge in [-0.15, -0.1) is 0 Å². The molecule has 2 rings (SSSR count). The molecule has 0 saturated heterocycles. The SMILES string of the molecule is OC(CC1=CCCCC1)Cc1ccc(C(F)(F)F)cc1. The van der Waals surface area contributed by atoms with E-state index in [-0.39, 0.29) is 0 Å². The van der Waals surface area contributed by atoms with Crippen molar-refractivity contribution in [2.45, 2.75) is 50.8 Å². The Morgan fingerprint density at radius 2 is 1.75 bits per heavy atom. The highest BCUT2D eigenvalue weighted by atomic mass is 19.4. The van der Waals surface area contributed by atoms with Gasteiger partial charge in [-0.2, -0.15) is 13.2 Å². The highest BCUT2D eigenvalue weighted by Gasteiger charge is 2.29. The van der Waals surface area contributed by atoms with E-state index >= 15 is 0 Å². The van der Waals surface area contributed by atoms with Gasteiger partial charge in [0, 0.05) is 0 Å². The Hall–Kier alpha value is -1.29. The zero-order chi connectivity index (χ0) is 14.6. The van der Waals surface area contributed by atoms with Crippen molar-refractivity contribution >= 4 is 0 Å². The lowest BCUT2D eigenvalue weighted by Gasteiger charge is -2.17. The number of halogens is 3. The van der Waals surface area contributed by atoms with E-state index in [1.54, 1.807) is 0 Å². The summed E-state index contributed by atoms with van der Waals surface area (Å²) >= 11 is 0. The van der Waals surface area contributed by atoms with Gasteiger partial charge in [-0.3, -0.25) is 0 Å². The first kappa shape index (κ1) is 15.1. The summed E-state index contributed by atoms with van der Waals surface area (Å²) in [7, 11) is 0. The highest BCUT2D eigenvalue weighted by molar-refractivity contribution is 5.25. The molecule has 0 heterocycles. The Bertz CT molecular complexity index is 460. The van der Waals surface area contributed by atoms with Gasteiger partial charge in [0.15, 0.2) is 0 Å². The minimum atomic E-state index is -4.30. The van der Waals surface area contributed by atoms with Gasteiger partial charge < -0.3 is 5.11 Å². The molecule has 4 heteroatoms. The summed E-state index contributed by atoms with van der Waals surface area (Å²) in [5, 5.41) is 10.0. The highest BCUT2D eigenvalue weighted by Crippen LogP contribution is 2.29. The average Bonchev–Trinajstić information content (AvgIpc) is 2.39. The third-order valence-electron chi connectivity index (χ3n) is 3.64. The second-order valence-corrected chi connectivity index (χ2v) is 5.36. The fourth-order valence-corrected chi connectivity index (χ4v) is 2.57. The molecule has 0 amide bonds. The molecule has 0 aliphatic heterocycles. The van der Waals surface area contributed by atoms with E-state index in [9.17, 15) is 18.3 Å². The van der Waals surface area contributed by atoms with Gasteiger partial charge in [-0.1, -0.05) is 23.8 Å². The van der Waals surface area contributed by atoms with Crippen molar-refractivity contribution in [1.82, 2.24) is 0 Å². The summed E-state index contributed by atoms with van der Waals surface area (Å²) in [5.41, 5.74) is 1.36. The lowest BCUT2D eigenvalue weighted by molar-refractivity contribution is -0.137. The summed E-state index contributed by atoms with van der Waals surface area (Å²) in [5.74, 6) is 0. The molecule has 1 unspecified atom stereocenters. The van der Waals surface area contributed by atoms with Crippen molar-refractivity contribution < 1.29 is 18.3 Å². The number of alkyl halides is 3. The molecule has 1 aromatic carbocycles. The lowest BCUT2D eigenvalue weighted by Crippen LogP contribution is -2.13. The molecule has 0 bridgehead atoms. The predicted molar refractivity (Wildman–Crippen MR) is 72.3 cm³/mol. The van der Waals surface area contributed by atoms with Crippen LogP contribution in [-0.2, 0) is 12.6 Å². The van der Waals surface area contributed by atoms with Crippen molar-refractivity contribution in [3.63, 3.8) is 0 Å². The summed E-state index contributed by atoms with van der Waals surface area (Å²) in [6.07, 6.45) is 2.86. The van der Waals surface area contributed by atoms with E-state index in [0.29, 0.717) is 12.8 Å². The van der Waals surface area contributed by atoms with Crippen LogP contribution in [0, 0.1) is 0 Å². The number of allylic oxidation sites excluding steroid dienone is 1. The quantitative estimate of drug-likeness (QED) is 0.807. The summed E-state index contributed by atoms with van der Waals surface area (Å²) in [4.78, 5) is 0. The third kappa shape index (κ3) is 4.37. The van der Waals surface area contributed by atoms with Crippen LogP contribution in [0.3, 0.4) is 0 Å². The summed E-state index contributed by atoms with van der Waals surface area (Å²) < 4.78 is 37.3. The second-order valence-electron chi connectivity index (χ2n) is 5.36. The topological polar surface area (TPSA) is 20.2 Å². The van der Waals surface area contributed by atoms with Crippen LogP contribution in [-0.4, -0.2) is 11.2 Å². The maximum atomic E-state index is 12.4. The van der Waals surface area contributed by atoms with E-state index in [0.717, 1.165) is 30.5 Å². The molecule has 20 heavy (non-hydrogen) atoms. The minimum absolute atomic E-state index is 0.398. The summed E-state index contributed by atoms with van der Waals surface area (Å²) in [6.45, 7) is 0. The van der Waals surface area contributed by atoms with E-state index in [4.69, 9.17) is 0 Å². The fourth-order valence-electron chi connectivity index (χ4n) is 2.57. The third-order valence-corrected chi connectivity index (χ3v) is 3.64. The van der Waals surface area contributed by atoms with Gasteiger partial charge in [0.1, 0.15) is 0 Å². The zero-order valence-corrected chi connectivity index (χ0v) is 11.3. The molecule has 1 N–H and O–H groups in total. The molecule has 0 fully saturated rings. The maximum Gasteiger partial charge on any atom is 0.416 e. The van der Waals surface area contributed by atoms with Gasteiger partial charge >= 0.3 is 6.18 Å². The molecule has 110 valence electrons. The van der Waals surface area contributed by atoms with Crippen molar-refractivity contribution in [1.29, 1.82) is 0 Å². The molecule has 0 aromatic heterocycles. The number of hydrogen-bond acceptors (Lipinski definition) is 1. The van der Waals surface area contributed by atoms with Crippen molar-refractivity contribution in [3.8, 4) is 0 Å². The van der Waals surface area contributed by atoms with E-state index in [1.165, 1.54) is 30.5 Å². The first-order valence-electron chi connectivity index (χ1n) is 6.97. The van der Waals surface area contributed by atoms with Gasteiger partial charge in [0.2, 0.25) is 0 Å². The van der Waals surface area contributed by atoms with Crippen LogP contribution >= 0.6 is 0 Å². The molecular formula is C16H19F3O. The zero-order valence-electron chi connectivity index (χ0n) is 11.3. The number of hydrogen-bond donors (Lipinski definition) is 1. The van der Waals surface area contributed by atoms with Gasteiger partial charge in [0.05, 0.1) is 11.7 Å². The van der Waals surface area contributed by atoms with E-state index in [2.05, 4.69) is 6.08 Å². The molecule has 0 spiro atoms. The lowest BCUT2D eigenvalue weighted by atomic mass is 9.93. The number of benzene rings is 1. The van der Waals surface area contributed by atoms with Crippen LogP contribution in [0.4, 0.5) is 13.2 Å². The standard InChI is InChI=1S/C16H19F3O/c17-16(18,19)14-8-6-13(7-9-14)11-15(20)10-12-4-2-1-3-5-12/h4,6-9,15,20H,1-3,5,10-11H2. The predicted octanol–water partition coefficient (Wildman–Crippen LogP) is 4.50. The Kier molecular flexibility index (Phi) is 4.86. The van der Waals surface area contributed by atoms with Crippen LogP contribution in [0.2, 0.25) is 0 Å². The monoisotopic (exact) mass is 284 g/mol. The van der Waals surface area contributed by atoms with Gasteiger partial charge in [0.25, 0.3) is 0 Å². The number of rotatable bonds is 4. The van der Waals surface area contributed by atoms with Crippen LogP contribution in [0.15, 0.2) is 35.9 Å². The average molecular weight is 284 g/mol. The fraction of sp³-hybridized carbons (Fsp3) is 0.500. The molecule has 1 aromatic rings. The van der Waals surface area contributed by atoms with Crippen LogP contribution < -0.4 is 0 Å². The first-order valence-corrected chi connectivity index (χ1v) is 6.97. The Labute approximate surface area is 117 Å². The van der Waals surface area contributed by atoms with Crippen molar-refractivity contribution in [2.24, 2.45) is 0 Å². The van der Waals surface area contributed by atoms with Gasteiger partial charge in [-0.05, 0) is 56.2 Å². The number of aliphatic hydroxyl groups excluding tert-OH is 1. The van der Waals surface area contributed by atoms with Crippen LogP contribution in [0.25, 0.3) is 0 Å². The molecule has 1 atom stereocenters. The van der Waals surface area contributed by atoms with Crippen LogP contribution in [0.1, 0.15) is 43.2 Å².